The molecular weight excluding hydrogens is 402 g/mol. The average molecular weight is 425 g/mol. The predicted molar refractivity (Wildman–Crippen MR) is 122 cm³/mol. The molecule has 0 aliphatic heterocycles. The number of rotatable bonds is 4. The maximum Gasteiger partial charge on any atom is 0.272 e. The second-order valence-corrected chi connectivity index (χ2v) is 8.93. The lowest BCUT2D eigenvalue weighted by molar-refractivity contribution is 0.102. The maximum absolute atomic E-state index is 12.8. The number of amides is 1. The van der Waals surface area contributed by atoms with Crippen LogP contribution in [0.3, 0.4) is 0 Å². The molecule has 2 saturated carbocycles. The van der Waals surface area contributed by atoms with Crippen LogP contribution >= 0.6 is 0 Å². The summed E-state index contributed by atoms with van der Waals surface area (Å²) in [4.78, 5) is 24.8. The summed E-state index contributed by atoms with van der Waals surface area (Å²) < 4.78 is 1.99. The smallest absolute Gasteiger partial charge is 0.272 e. The first-order valence-corrected chi connectivity index (χ1v) is 11.1. The third kappa shape index (κ3) is 3.21. The molecule has 0 radical (unpaired) electrons. The highest BCUT2D eigenvalue weighted by atomic mass is 16.1. The number of anilines is 1. The van der Waals surface area contributed by atoms with Gasteiger partial charge in [0.05, 0.1) is 28.9 Å². The number of carbonyl (C=O) groups is 1. The molecule has 7 nitrogen and oxygen atoms in total. The summed E-state index contributed by atoms with van der Waals surface area (Å²) in [6, 6.07) is 15.3. The number of aromatic amines is 1. The van der Waals surface area contributed by atoms with Crippen molar-refractivity contribution in [1.29, 1.82) is 0 Å². The molecular formula is C25H23N5O2. The van der Waals surface area contributed by atoms with Crippen molar-refractivity contribution >= 4 is 22.4 Å². The minimum Gasteiger partial charge on any atom is -0.322 e. The van der Waals surface area contributed by atoms with Crippen LogP contribution in [0.2, 0.25) is 0 Å². The number of hydrogen-bond donors (Lipinski definition) is 2. The van der Waals surface area contributed by atoms with Gasteiger partial charge in [-0.3, -0.25) is 14.3 Å². The first-order valence-electron chi connectivity index (χ1n) is 11.1. The third-order valence-corrected chi connectivity index (χ3v) is 7.02. The first-order chi connectivity index (χ1) is 15.7. The molecule has 2 aliphatic rings. The number of benzene rings is 2. The van der Waals surface area contributed by atoms with E-state index in [4.69, 9.17) is 0 Å². The van der Waals surface area contributed by atoms with E-state index in [9.17, 15) is 9.59 Å². The molecule has 6 rings (SSSR count). The van der Waals surface area contributed by atoms with E-state index in [1.807, 2.05) is 53.3 Å². The fraction of sp³-hybridized carbons (Fsp3) is 0.280. The number of carbonyl (C=O) groups excluding carboxylic acids is 1. The third-order valence-electron chi connectivity index (χ3n) is 7.02. The van der Waals surface area contributed by atoms with Gasteiger partial charge in [-0.1, -0.05) is 36.8 Å². The van der Waals surface area contributed by atoms with Crippen LogP contribution in [0.15, 0.2) is 65.7 Å². The van der Waals surface area contributed by atoms with E-state index >= 15 is 0 Å². The normalized spacial score (nSPS) is 21.8. The Morgan fingerprint density at radius 2 is 1.84 bits per heavy atom. The summed E-state index contributed by atoms with van der Waals surface area (Å²) in [6.45, 7) is 0. The van der Waals surface area contributed by atoms with Gasteiger partial charge in [0.2, 0.25) is 0 Å². The summed E-state index contributed by atoms with van der Waals surface area (Å²) in [7, 11) is 0. The van der Waals surface area contributed by atoms with Crippen molar-refractivity contribution in [3.8, 4) is 11.3 Å². The Hall–Kier alpha value is -3.74. The fourth-order valence-corrected chi connectivity index (χ4v) is 5.42. The molecule has 32 heavy (non-hydrogen) atoms. The van der Waals surface area contributed by atoms with Crippen LogP contribution in [0, 0.1) is 11.8 Å². The largest absolute Gasteiger partial charge is 0.322 e. The lowest BCUT2D eigenvalue weighted by Gasteiger charge is -2.21. The van der Waals surface area contributed by atoms with Gasteiger partial charge in [0.15, 0.2) is 0 Å². The molecule has 4 aromatic rings. The van der Waals surface area contributed by atoms with Crippen LogP contribution in [0.4, 0.5) is 5.69 Å². The molecule has 3 unspecified atom stereocenters. The lowest BCUT2D eigenvalue weighted by atomic mass is 9.95. The van der Waals surface area contributed by atoms with E-state index in [2.05, 4.69) is 20.6 Å². The van der Waals surface area contributed by atoms with E-state index in [1.165, 1.54) is 25.7 Å². The van der Waals surface area contributed by atoms with Crippen molar-refractivity contribution in [3.63, 3.8) is 0 Å². The Balaban J connectivity index is 1.20. The zero-order valence-corrected chi connectivity index (χ0v) is 17.5. The highest BCUT2D eigenvalue weighted by Crippen LogP contribution is 2.50. The van der Waals surface area contributed by atoms with Crippen LogP contribution < -0.4 is 10.9 Å². The van der Waals surface area contributed by atoms with Crippen molar-refractivity contribution in [1.82, 2.24) is 20.0 Å². The molecule has 2 bridgehead atoms. The summed E-state index contributed by atoms with van der Waals surface area (Å²) in [5, 5.41) is 15.6. The molecule has 2 heterocycles. The average Bonchev–Trinajstić information content (AvgIpc) is 3.57. The van der Waals surface area contributed by atoms with E-state index in [-0.39, 0.29) is 11.5 Å². The molecule has 2 N–H and O–H groups in total. The molecule has 2 aromatic heterocycles. The van der Waals surface area contributed by atoms with Crippen LogP contribution in [-0.4, -0.2) is 25.9 Å². The predicted octanol–water partition coefficient (Wildman–Crippen LogP) is 4.40. The zero-order chi connectivity index (χ0) is 21.7. The van der Waals surface area contributed by atoms with Crippen molar-refractivity contribution in [2.75, 3.05) is 5.32 Å². The second-order valence-electron chi connectivity index (χ2n) is 8.93. The number of H-pyrrole nitrogens is 1. The summed E-state index contributed by atoms with van der Waals surface area (Å²) in [5.41, 5.74) is 2.62. The van der Waals surface area contributed by atoms with Gasteiger partial charge in [0.25, 0.3) is 11.5 Å². The maximum atomic E-state index is 12.8. The van der Waals surface area contributed by atoms with Gasteiger partial charge in [-0.15, -0.1) is 0 Å². The second kappa shape index (κ2) is 7.44. The molecule has 0 saturated heterocycles. The number of hydrogen-bond acceptors (Lipinski definition) is 4. The van der Waals surface area contributed by atoms with E-state index in [1.54, 1.807) is 12.3 Å². The highest BCUT2D eigenvalue weighted by molar-refractivity contribution is 6.04. The minimum atomic E-state index is -0.209. The quantitative estimate of drug-likeness (QED) is 0.507. The summed E-state index contributed by atoms with van der Waals surface area (Å²) >= 11 is 0. The molecule has 0 spiro atoms. The lowest BCUT2D eigenvalue weighted by Crippen LogP contribution is -2.17. The van der Waals surface area contributed by atoms with Gasteiger partial charge in [-0.25, -0.2) is 5.10 Å². The molecule has 2 aromatic carbocycles. The Labute approximate surface area is 184 Å². The molecule has 1 amide bonds. The van der Waals surface area contributed by atoms with Gasteiger partial charge in [-0.2, -0.15) is 10.2 Å². The molecule has 7 heteroatoms. The van der Waals surface area contributed by atoms with Crippen LogP contribution in [0.5, 0.6) is 0 Å². The monoisotopic (exact) mass is 425 g/mol. The van der Waals surface area contributed by atoms with E-state index in [0.717, 1.165) is 16.9 Å². The van der Waals surface area contributed by atoms with Crippen molar-refractivity contribution < 1.29 is 4.79 Å². The van der Waals surface area contributed by atoms with Gasteiger partial charge in [0.1, 0.15) is 0 Å². The Morgan fingerprint density at radius 1 is 1.03 bits per heavy atom. The van der Waals surface area contributed by atoms with Gasteiger partial charge < -0.3 is 5.32 Å². The number of nitrogens with one attached hydrogen (secondary N) is 2. The molecule has 160 valence electrons. The number of nitrogens with zero attached hydrogens (tertiary/aromatic N) is 3. The van der Waals surface area contributed by atoms with Crippen LogP contribution in [-0.2, 0) is 0 Å². The topological polar surface area (TPSA) is 92.7 Å². The zero-order valence-electron chi connectivity index (χ0n) is 17.5. The van der Waals surface area contributed by atoms with Gasteiger partial charge in [-0.05, 0) is 49.3 Å². The Kier molecular flexibility index (Phi) is 4.41. The van der Waals surface area contributed by atoms with Crippen molar-refractivity contribution in [2.45, 2.75) is 31.7 Å². The van der Waals surface area contributed by atoms with E-state index in [0.29, 0.717) is 34.3 Å². The minimum absolute atomic E-state index is 0.167. The Bertz CT molecular complexity index is 1370. The first kappa shape index (κ1) is 19.0. The number of fused-ring (bicyclic) bond motifs is 3. The Morgan fingerprint density at radius 3 is 2.59 bits per heavy atom. The summed E-state index contributed by atoms with van der Waals surface area (Å²) in [5.74, 6) is 1.37. The van der Waals surface area contributed by atoms with Gasteiger partial charge >= 0.3 is 0 Å². The van der Waals surface area contributed by atoms with Crippen LogP contribution in [0.25, 0.3) is 22.0 Å². The fourth-order valence-electron chi connectivity index (χ4n) is 5.42. The summed E-state index contributed by atoms with van der Waals surface area (Å²) in [6.07, 6.45) is 8.65. The SMILES string of the molecule is O=C(Nc1ccc(-c2n[nH]c(=O)c3ccccc23)cc1)c1cnn(C2CC3CCC2C3)c1. The number of aromatic nitrogens is 4. The molecule has 2 aliphatic carbocycles. The van der Waals surface area contributed by atoms with Crippen molar-refractivity contribution in [2.24, 2.45) is 11.8 Å². The molecule has 3 atom stereocenters. The van der Waals surface area contributed by atoms with Crippen molar-refractivity contribution in [3.05, 3.63) is 76.8 Å². The standard InChI is InChI=1S/C25H23N5O2/c31-24(18-13-26-30(14-18)22-12-15-5-6-17(22)11-15)27-19-9-7-16(8-10-19)23-20-3-1-2-4-21(20)25(32)29-28-23/h1-4,7-10,13-15,17,22H,5-6,11-12H2,(H,27,31)(H,29,32). The van der Waals surface area contributed by atoms with E-state index < -0.39 is 0 Å². The van der Waals surface area contributed by atoms with Gasteiger partial charge in [0, 0.05) is 22.8 Å². The molecule has 2 fully saturated rings. The highest BCUT2D eigenvalue weighted by Gasteiger charge is 2.40. The van der Waals surface area contributed by atoms with Crippen LogP contribution in [0.1, 0.15) is 42.1 Å².